The lowest BCUT2D eigenvalue weighted by molar-refractivity contribution is -0.152. The molecule has 9 nitrogen and oxygen atoms in total. The standard InChI is InChI=1S/C18H30N4O5S2/c1-29-9-6-12(20-15(23)11(19)10-28)16(24)21-7-2-4-13(21)17(25)22-8-3-5-14(22)18(26)27/h11-14,28H,2-10,19H2,1H3,(H,20,23)(H,26,27). The molecule has 29 heavy (non-hydrogen) atoms. The number of carboxylic acid groups (broad SMARTS) is 1. The number of aliphatic carboxylic acids is 1. The minimum Gasteiger partial charge on any atom is -0.480 e. The van der Waals surface area contributed by atoms with E-state index in [0.717, 1.165) is 0 Å². The van der Waals surface area contributed by atoms with E-state index >= 15 is 0 Å². The SMILES string of the molecule is CSCCC(NC(=O)C(N)CS)C(=O)N1CCCC1C(=O)N1CCCC1C(=O)O. The van der Waals surface area contributed by atoms with Crippen molar-refractivity contribution in [1.29, 1.82) is 0 Å². The van der Waals surface area contributed by atoms with Crippen molar-refractivity contribution >= 4 is 48.1 Å². The first kappa shape index (κ1) is 23.8. The summed E-state index contributed by atoms with van der Waals surface area (Å²) in [5.74, 6) is -1.29. The van der Waals surface area contributed by atoms with E-state index in [2.05, 4.69) is 17.9 Å². The summed E-state index contributed by atoms with van der Waals surface area (Å²) in [6.45, 7) is 0.794. The van der Waals surface area contributed by atoms with Crippen LogP contribution in [0.15, 0.2) is 0 Å². The fraction of sp³-hybridized carbons (Fsp3) is 0.778. The van der Waals surface area contributed by atoms with Crippen LogP contribution in [-0.2, 0) is 19.2 Å². The Balaban J connectivity index is 2.13. The number of hydrogen-bond acceptors (Lipinski definition) is 7. The number of thioether (sulfide) groups is 1. The second kappa shape index (κ2) is 11.1. The summed E-state index contributed by atoms with van der Waals surface area (Å²) in [4.78, 5) is 52.8. The van der Waals surface area contributed by atoms with Crippen LogP contribution in [0.3, 0.4) is 0 Å². The molecule has 2 rings (SSSR count). The van der Waals surface area contributed by atoms with Crippen LogP contribution in [0.2, 0.25) is 0 Å². The molecular formula is C18H30N4O5S2. The Bertz CT molecular complexity index is 635. The molecule has 2 saturated heterocycles. The van der Waals surface area contributed by atoms with E-state index in [0.29, 0.717) is 50.9 Å². The molecule has 4 atom stereocenters. The molecular weight excluding hydrogens is 416 g/mol. The minimum atomic E-state index is -1.02. The maximum atomic E-state index is 13.2. The maximum absolute atomic E-state index is 13.2. The van der Waals surface area contributed by atoms with Gasteiger partial charge in [0.05, 0.1) is 6.04 Å². The van der Waals surface area contributed by atoms with Gasteiger partial charge in [0.25, 0.3) is 0 Å². The van der Waals surface area contributed by atoms with Gasteiger partial charge in [0, 0.05) is 18.8 Å². The number of amides is 3. The Morgan fingerprint density at radius 3 is 2.38 bits per heavy atom. The lowest BCUT2D eigenvalue weighted by Gasteiger charge is -2.32. The molecule has 0 aromatic carbocycles. The highest BCUT2D eigenvalue weighted by molar-refractivity contribution is 7.98. The lowest BCUT2D eigenvalue weighted by Crippen LogP contribution is -2.57. The summed E-state index contributed by atoms with van der Waals surface area (Å²) < 4.78 is 0. The van der Waals surface area contributed by atoms with Gasteiger partial charge in [0.1, 0.15) is 18.1 Å². The van der Waals surface area contributed by atoms with Crippen LogP contribution in [0, 0.1) is 0 Å². The van der Waals surface area contributed by atoms with Crippen LogP contribution in [0.5, 0.6) is 0 Å². The number of nitrogens with two attached hydrogens (primary N) is 1. The molecule has 0 spiro atoms. The highest BCUT2D eigenvalue weighted by Crippen LogP contribution is 2.26. The van der Waals surface area contributed by atoms with Gasteiger partial charge >= 0.3 is 5.97 Å². The third-order valence-electron chi connectivity index (χ3n) is 5.40. The first-order chi connectivity index (χ1) is 13.8. The Kier molecular flexibility index (Phi) is 9.09. The number of carbonyl (C=O) groups is 4. The zero-order valence-corrected chi connectivity index (χ0v) is 18.3. The fourth-order valence-electron chi connectivity index (χ4n) is 3.82. The van der Waals surface area contributed by atoms with Crippen LogP contribution in [0.4, 0.5) is 0 Å². The fourth-order valence-corrected chi connectivity index (χ4v) is 4.46. The van der Waals surface area contributed by atoms with Gasteiger partial charge in [-0.05, 0) is 44.1 Å². The normalized spacial score (nSPS) is 23.7. The quantitative estimate of drug-likeness (QED) is 0.353. The second-order valence-electron chi connectivity index (χ2n) is 7.35. The van der Waals surface area contributed by atoms with E-state index in [1.807, 2.05) is 6.26 Å². The molecule has 0 saturated carbocycles. The van der Waals surface area contributed by atoms with Crippen molar-refractivity contribution in [2.24, 2.45) is 5.73 Å². The lowest BCUT2D eigenvalue weighted by atomic mass is 10.1. The van der Waals surface area contributed by atoms with Crippen molar-refractivity contribution in [2.75, 3.05) is 30.9 Å². The minimum absolute atomic E-state index is 0.158. The van der Waals surface area contributed by atoms with E-state index in [4.69, 9.17) is 5.73 Å². The molecule has 4 unspecified atom stereocenters. The number of hydrogen-bond donors (Lipinski definition) is 4. The van der Waals surface area contributed by atoms with Gasteiger partial charge < -0.3 is 26.0 Å². The number of carbonyl (C=O) groups excluding carboxylic acids is 3. The average molecular weight is 447 g/mol. The molecule has 2 aliphatic heterocycles. The molecule has 0 aliphatic carbocycles. The van der Waals surface area contributed by atoms with E-state index in [1.54, 1.807) is 11.8 Å². The number of rotatable bonds is 9. The van der Waals surface area contributed by atoms with E-state index in [1.165, 1.54) is 9.80 Å². The zero-order chi connectivity index (χ0) is 21.6. The summed E-state index contributed by atoms with van der Waals surface area (Å²) in [5, 5.41) is 12.1. The van der Waals surface area contributed by atoms with Gasteiger partial charge in [0.2, 0.25) is 17.7 Å². The van der Waals surface area contributed by atoms with Gasteiger partial charge in [-0.3, -0.25) is 14.4 Å². The summed E-state index contributed by atoms with van der Waals surface area (Å²) in [7, 11) is 0. The van der Waals surface area contributed by atoms with Crippen LogP contribution in [0.1, 0.15) is 32.1 Å². The molecule has 2 fully saturated rings. The maximum Gasteiger partial charge on any atom is 0.326 e. The Labute approximate surface area is 180 Å². The third-order valence-corrected chi connectivity index (χ3v) is 6.44. The summed E-state index contributed by atoms with van der Waals surface area (Å²) in [5.41, 5.74) is 5.71. The Hall–Kier alpha value is -1.46. The predicted octanol–water partition coefficient (Wildman–Crippen LogP) is -0.452. The van der Waals surface area contributed by atoms with Crippen LogP contribution < -0.4 is 11.1 Å². The van der Waals surface area contributed by atoms with Crippen LogP contribution in [-0.4, -0.2) is 93.6 Å². The number of thiol groups is 1. The molecule has 3 amide bonds. The van der Waals surface area contributed by atoms with Gasteiger partial charge in [-0.1, -0.05) is 0 Å². The second-order valence-corrected chi connectivity index (χ2v) is 8.70. The summed E-state index contributed by atoms with van der Waals surface area (Å²) >= 11 is 5.57. The van der Waals surface area contributed by atoms with Crippen molar-refractivity contribution in [3.63, 3.8) is 0 Å². The molecule has 0 aromatic heterocycles. The van der Waals surface area contributed by atoms with Gasteiger partial charge in [-0.25, -0.2) is 4.79 Å². The molecule has 0 aromatic rings. The van der Waals surface area contributed by atoms with Gasteiger partial charge in [-0.15, -0.1) is 0 Å². The first-order valence-corrected chi connectivity index (χ1v) is 11.8. The van der Waals surface area contributed by atoms with Crippen molar-refractivity contribution in [2.45, 2.75) is 56.3 Å². The molecule has 11 heteroatoms. The van der Waals surface area contributed by atoms with Gasteiger partial charge in [-0.2, -0.15) is 24.4 Å². The van der Waals surface area contributed by atoms with Crippen molar-refractivity contribution in [3.05, 3.63) is 0 Å². The average Bonchev–Trinajstić information content (AvgIpc) is 3.38. The predicted molar refractivity (Wildman–Crippen MR) is 114 cm³/mol. The molecule has 164 valence electrons. The summed E-state index contributed by atoms with van der Waals surface area (Å²) in [6.07, 6.45) is 4.54. The van der Waals surface area contributed by atoms with E-state index < -0.39 is 36.0 Å². The number of likely N-dealkylation sites (tertiary alicyclic amines) is 2. The molecule has 0 radical (unpaired) electrons. The van der Waals surface area contributed by atoms with Crippen LogP contribution >= 0.6 is 24.4 Å². The largest absolute Gasteiger partial charge is 0.480 e. The first-order valence-electron chi connectivity index (χ1n) is 9.81. The van der Waals surface area contributed by atoms with Gasteiger partial charge in [0.15, 0.2) is 0 Å². The highest BCUT2D eigenvalue weighted by atomic mass is 32.2. The number of carboxylic acids is 1. The van der Waals surface area contributed by atoms with Crippen molar-refractivity contribution in [3.8, 4) is 0 Å². The monoisotopic (exact) mass is 446 g/mol. The zero-order valence-electron chi connectivity index (χ0n) is 16.6. The number of nitrogens with zero attached hydrogens (tertiary/aromatic N) is 2. The van der Waals surface area contributed by atoms with E-state index in [-0.39, 0.29) is 17.6 Å². The van der Waals surface area contributed by atoms with Crippen molar-refractivity contribution < 1.29 is 24.3 Å². The Morgan fingerprint density at radius 2 is 1.79 bits per heavy atom. The smallest absolute Gasteiger partial charge is 0.326 e. The molecule has 2 heterocycles. The van der Waals surface area contributed by atoms with Crippen LogP contribution in [0.25, 0.3) is 0 Å². The highest BCUT2D eigenvalue weighted by Gasteiger charge is 2.43. The molecule has 0 bridgehead atoms. The third kappa shape index (κ3) is 5.79. The number of nitrogens with one attached hydrogen (secondary N) is 1. The van der Waals surface area contributed by atoms with Crippen molar-refractivity contribution in [1.82, 2.24) is 15.1 Å². The molecule has 4 N–H and O–H groups in total. The topological polar surface area (TPSA) is 133 Å². The van der Waals surface area contributed by atoms with E-state index in [9.17, 15) is 24.3 Å². The summed E-state index contributed by atoms with van der Waals surface area (Å²) in [6, 6.07) is -3.11. The molecule has 2 aliphatic rings. The Morgan fingerprint density at radius 1 is 1.17 bits per heavy atom.